The summed E-state index contributed by atoms with van der Waals surface area (Å²) < 4.78 is 138. The van der Waals surface area contributed by atoms with E-state index in [-0.39, 0.29) is 0 Å². The maximum absolute atomic E-state index is 13.5. The Bertz CT molecular complexity index is 4130. The molecule has 12 saturated heterocycles. The molecule has 1 unspecified atom stereocenters. The van der Waals surface area contributed by atoms with Crippen molar-refractivity contribution in [3.05, 3.63) is 0 Å². The van der Waals surface area contributed by atoms with E-state index in [9.17, 15) is 192 Å². The number of hydrogen-bond donors (Lipinski definition) is 38. The molecule has 148 heavy (non-hydrogen) atoms. The van der Waals surface area contributed by atoms with Crippen molar-refractivity contribution in [1.29, 1.82) is 0 Å². The standard InChI is InChI=1S/C82H137N5O61/c1-18(99)83-35-46(110)61(28(11-93)127-71(35)125)143-80-60(124)68(45(109)34(138-80)17-126-81-69(54(118)43(107)26(9-91)132-81)147-74-38(86-21(4)102)49(113)63(30(13-95)135-74)141-77-56(120)52(116)41(105)24(7-89)129-77)146-82-70(148-75-39(87-22(5)103)50(114)64(31(14-96)136-75)142-78-57(121)53(117)42(106)25(8-90)130-78)58(122)66(33(16-98)137-82)139-72-36(84-19(2)100)47(111)65(32(15-97)133-72)144-79-59(123)67(44(108)27(10-92)131-79)145-73-37(85-20(3)101)48(112)62(29(12-94)134-73)140-76-55(119)51(115)40(104)23(6-88)128-76/h23-82,88-98,104-125H,6-17H2,1-5H3,(H,83,99)(H,84,100)(H,85,101)(H,86,102)(H,87,103)/t23-,24-,25-,26-,27-,28-,29-,30-,31-,32-,33-,34-,35-,36-,37-,38-,39-,40+,41+,42+,43-,44+,45-,46-,47-,48-,49-,50-,51+,52+,53+,54+,55-,56-,57-,58+,59-,60+,61-,62-,63-,64-,65-,66-,67+,68+,69+,70+,71?,72+,73+,74+,75+,76+,77+,78+,79+,80+,81+,82-/m1/s1. The smallest absolute Gasteiger partial charge is 0.217 e. The lowest BCUT2D eigenvalue weighted by Gasteiger charge is -2.52. The van der Waals surface area contributed by atoms with Crippen LogP contribution in [0.5, 0.6) is 0 Å². The number of hydrogen-bond acceptors (Lipinski definition) is 61. The quantitative estimate of drug-likeness (QED) is 0.0272. The van der Waals surface area contributed by atoms with Crippen molar-refractivity contribution in [2.75, 3.05) is 79.3 Å². The first-order valence-corrected chi connectivity index (χ1v) is 47.2. The molecule has 0 aliphatic carbocycles. The first-order chi connectivity index (χ1) is 70.1. The fourth-order valence-electron chi connectivity index (χ4n) is 19.3. The van der Waals surface area contributed by atoms with Gasteiger partial charge in [-0.15, -0.1) is 0 Å². The molecule has 38 N–H and O–H groups in total. The van der Waals surface area contributed by atoms with Gasteiger partial charge in [0.1, 0.15) is 293 Å². The Morgan fingerprint density at radius 1 is 0.176 bits per heavy atom. The minimum atomic E-state index is -2.74. The maximum Gasteiger partial charge on any atom is 0.217 e. The first kappa shape index (κ1) is 122. The molecule has 0 saturated carbocycles. The van der Waals surface area contributed by atoms with Crippen LogP contribution in [0.1, 0.15) is 34.6 Å². The van der Waals surface area contributed by atoms with Crippen LogP contribution in [0.25, 0.3) is 0 Å². The van der Waals surface area contributed by atoms with Gasteiger partial charge in [-0.05, 0) is 0 Å². The van der Waals surface area contributed by atoms with E-state index >= 15 is 0 Å². The van der Waals surface area contributed by atoms with Crippen molar-refractivity contribution in [2.45, 2.75) is 403 Å². The molecular formula is C82H137N5O61. The van der Waals surface area contributed by atoms with Crippen LogP contribution < -0.4 is 26.6 Å². The number of rotatable bonds is 39. The summed E-state index contributed by atoms with van der Waals surface area (Å²) in [4.78, 5) is 65.5. The summed E-state index contributed by atoms with van der Waals surface area (Å²) in [5, 5.41) is 384. The van der Waals surface area contributed by atoms with Crippen LogP contribution in [0.3, 0.4) is 0 Å². The van der Waals surface area contributed by atoms with Gasteiger partial charge in [0, 0.05) is 34.6 Å². The van der Waals surface area contributed by atoms with Gasteiger partial charge in [0.15, 0.2) is 75.5 Å². The highest BCUT2D eigenvalue weighted by Crippen LogP contribution is 2.43. The fraction of sp³-hybridized carbons (Fsp3) is 0.939. The molecule has 12 rings (SSSR count). The summed E-state index contributed by atoms with van der Waals surface area (Å²) >= 11 is 0. The van der Waals surface area contributed by atoms with Crippen molar-refractivity contribution in [3.8, 4) is 0 Å². The molecule has 66 nitrogen and oxygen atoms in total. The van der Waals surface area contributed by atoms with Gasteiger partial charge < -0.3 is 304 Å². The Hall–Kier alpha value is -4.89. The third kappa shape index (κ3) is 26.7. The molecule has 66 heteroatoms. The van der Waals surface area contributed by atoms with Crippen LogP contribution in [0.15, 0.2) is 0 Å². The third-order valence-electron chi connectivity index (χ3n) is 27.1. The average molecular weight is 2170 g/mol. The summed E-state index contributed by atoms with van der Waals surface area (Å²) in [6.07, 6.45) is -120. The second-order valence-electron chi connectivity index (χ2n) is 37.3. The molecule has 856 valence electrons. The summed E-state index contributed by atoms with van der Waals surface area (Å²) in [5.74, 6) is -5.02. The first-order valence-electron chi connectivity index (χ1n) is 47.2. The van der Waals surface area contributed by atoms with Gasteiger partial charge in [-0.25, -0.2) is 0 Å². The van der Waals surface area contributed by atoms with Gasteiger partial charge in [0.2, 0.25) is 29.5 Å². The number of amides is 5. The zero-order chi connectivity index (χ0) is 109. The van der Waals surface area contributed by atoms with Crippen molar-refractivity contribution in [2.24, 2.45) is 0 Å². The van der Waals surface area contributed by atoms with Crippen LogP contribution in [-0.4, -0.2) is 645 Å². The number of aliphatic hydroxyl groups excluding tert-OH is 33. The second kappa shape index (κ2) is 53.4. The topological polar surface area (TPSA) is 1030 Å². The molecule has 12 aliphatic heterocycles. The SMILES string of the molecule is CC(=O)N[C@H]1[C@H](O[C@H]2[C@@H](O)[C@@H](CO)O[C@@H](O[C@H]3[C@H](O)[C@@H](NC(C)=O)[C@H](O[C@H]4[C@H](O)[C@H](O[C@@H]5O[C@H](CO)[C@@H](O[C@@H]6O[C@H](CO)[C@H](O)[C@H](O)[C@H]6O)[C@H](O)[C@H]5NC(C)=O)[C@@H](O[C@@H]5[C@H](O)[C@H](O[C@H]6[C@H](O)[C@@H](NC(C)=O)C(O)O[C@@H]6CO)O[C@H](CO[C@H]6O[C@H](CO)[C@@H](O)[C@H](O)[C@@H]6O[C@@H]6O[C@H](CO)[C@@H](O[C@@H]7O[C@H](CO)[C@H](O)[C@H](O)[C@H]7O)[C@H](O)[C@H]6NC(C)=O)[C@H]5O)O[C@@H]4CO)O[C@@H]3CO)[C@@H]2O)O[C@H](CO)[C@@H](O[C@@H]2O[C@H](CO)[C@H](O)[C@H](O)[C@H]2O)[C@@H]1O. The minimum absolute atomic E-state index is 0.855. The highest BCUT2D eigenvalue weighted by atomic mass is 16.8. The number of aliphatic hydroxyl groups is 33. The van der Waals surface area contributed by atoms with Gasteiger partial charge in [-0.3, -0.25) is 24.0 Å². The highest BCUT2D eigenvalue weighted by Gasteiger charge is 2.64. The highest BCUT2D eigenvalue weighted by molar-refractivity contribution is 5.75. The van der Waals surface area contributed by atoms with Crippen LogP contribution in [-0.2, 0) is 133 Å². The maximum atomic E-state index is 13.5. The van der Waals surface area contributed by atoms with E-state index in [0.717, 1.165) is 34.6 Å². The second-order valence-corrected chi connectivity index (χ2v) is 37.3. The van der Waals surface area contributed by atoms with Gasteiger partial charge in [-0.2, -0.15) is 0 Å². The number of nitrogens with one attached hydrogen (secondary N) is 5. The molecule has 0 aromatic heterocycles. The number of ether oxygens (including phenoxy) is 23. The Labute approximate surface area is 837 Å². The Morgan fingerprint density at radius 2 is 0.372 bits per heavy atom. The monoisotopic (exact) mass is 2170 g/mol. The van der Waals surface area contributed by atoms with Gasteiger partial charge in [0.25, 0.3) is 0 Å². The summed E-state index contributed by atoms with van der Waals surface area (Å²) in [6.45, 7) is -9.72. The Morgan fingerprint density at radius 3 is 0.669 bits per heavy atom. The van der Waals surface area contributed by atoms with Gasteiger partial charge >= 0.3 is 0 Å². The molecule has 60 atom stereocenters. The van der Waals surface area contributed by atoms with Crippen molar-refractivity contribution >= 4 is 29.5 Å². The fourth-order valence-corrected chi connectivity index (χ4v) is 19.3. The molecule has 0 radical (unpaired) electrons. The van der Waals surface area contributed by atoms with Crippen LogP contribution in [0, 0.1) is 0 Å². The van der Waals surface area contributed by atoms with Crippen LogP contribution in [0.4, 0.5) is 0 Å². The van der Waals surface area contributed by atoms with E-state index in [1.807, 2.05) is 0 Å². The van der Waals surface area contributed by atoms with E-state index in [1.165, 1.54) is 0 Å². The predicted octanol–water partition coefficient (Wildman–Crippen LogP) is -26.4. The normalized spacial score (nSPS) is 49.3. The zero-order valence-electron chi connectivity index (χ0n) is 79.3. The molecule has 12 heterocycles. The van der Waals surface area contributed by atoms with E-state index in [1.54, 1.807) is 0 Å². The van der Waals surface area contributed by atoms with Crippen molar-refractivity contribution < 1.29 is 301 Å². The average Bonchev–Trinajstić information content (AvgIpc) is 0.752. The summed E-state index contributed by atoms with van der Waals surface area (Å²) in [6, 6.07) is -10.1. The van der Waals surface area contributed by atoms with Gasteiger partial charge in [-0.1, -0.05) is 0 Å². The molecule has 0 bridgehead atoms. The third-order valence-corrected chi connectivity index (χ3v) is 27.1. The van der Waals surface area contributed by atoms with E-state index in [2.05, 4.69) is 26.6 Å². The van der Waals surface area contributed by atoms with Crippen molar-refractivity contribution in [3.63, 3.8) is 0 Å². The lowest BCUT2D eigenvalue weighted by molar-refractivity contribution is -0.406. The Balaban J connectivity index is 0.877. The van der Waals surface area contributed by atoms with Crippen molar-refractivity contribution in [1.82, 2.24) is 26.6 Å². The summed E-state index contributed by atoms with van der Waals surface area (Å²) in [5.41, 5.74) is 0. The predicted molar refractivity (Wildman–Crippen MR) is 453 cm³/mol. The minimum Gasteiger partial charge on any atom is -0.394 e. The zero-order valence-corrected chi connectivity index (χ0v) is 79.3. The van der Waals surface area contributed by atoms with E-state index in [0.29, 0.717) is 0 Å². The van der Waals surface area contributed by atoms with Crippen LogP contribution in [0.2, 0.25) is 0 Å². The lowest BCUT2D eigenvalue weighted by Crippen LogP contribution is -2.71. The molecule has 0 aromatic carbocycles. The van der Waals surface area contributed by atoms with Crippen LogP contribution >= 0.6 is 0 Å². The molecule has 0 spiro atoms. The lowest BCUT2D eigenvalue weighted by atomic mass is 9.93. The molecular weight excluding hydrogens is 2030 g/mol. The summed E-state index contributed by atoms with van der Waals surface area (Å²) in [7, 11) is 0. The van der Waals surface area contributed by atoms with E-state index in [4.69, 9.17) is 109 Å². The number of carbonyl (C=O) groups is 5. The molecule has 12 aliphatic rings. The van der Waals surface area contributed by atoms with E-state index < -0.39 is 477 Å². The molecule has 5 amide bonds. The number of carbonyl (C=O) groups excluding carboxylic acids is 5. The Kier molecular flexibility index (Phi) is 43.9. The molecule has 12 fully saturated rings. The largest absolute Gasteiger partial charge is 0.394 e. The van der Waals surface area contributed by atoms with Gasteiger partial charge in [0.05, 0.1) is 79.3 Å². The molecule has 0 aromatic rings.